The zero-order chi connectivity index (χ0) is 12.6. The maximum Gasteiger partial charge on any atom is 0.225 e. The first-order chi connectivity index (χ1) is 7.56. The second kappa shape index (κ2) is 7.18. The molecule has 0 saturated carbocycles. The van der Waals surface area contributed by atoms with Gasteiger partial charge in [0.05, 0.1) is 12.5 Å². The summed E-state index contributed by atoms with van der Waals surface area (Å²) in [4.78, 5) is 22.5. The Balaban J connectivity index is 4.81. The first-order valence-corrected chi connectivity index (χ1v) is 4.69. The Morgan fingerprint density at radius 3 is 2.38 bits per heavy atom. The average molecular weight is 218 g/mol. The minimum atomic E-state index is -0.322. The molecule has 0 saturated heterocycles. The fraction of sp³-hybridized carbons (Fsp3) is 0.250. The van der Waals surface area contributed by atoms with Crippen LogP contribution in [0.5, 0.6) is 0 Å². The lowest BCUT2D eigenvalue weighted by molar-refractivity contribution is -0.120. The van der Waals surface area contributed by atoms with Crippen LogP contribution in [0.15, 0.2) is 36.5 Å². The maximum absolute atomic E-state index is 11.3. The zero-order valence-corrected chi connectivity index (χ0v) is 9.25. The van der Waals surface area contributed by atoms with Crippen LogP contribution in [0, 0.1) is 11.3 Å². The molecule has 1 N–H and O–H groups in total. The van der Waals surface area contributed by atoms with E-state index in [1.807, 2.05) is 0 Å². The number of Topliss-reactive ketones (excluding diaryl/α,β-unsaturated/α-hetero) is 1. The lowest BCUT2D eigenvalue weighted by Crippen LogP contribution is -2.23. The lowest BCUT2D eigenvalue weighted by Gasteiger charge is -2.05. The van der Waals surface area contributed by atoms with Crippen molar-refractivity contribution in [1.29, 1.82) is 5.26 Å². The topological polar surface area (TPSA) is 70.0 Å². The number of hydrogen-bond acceptors (Lipinski definition) is 3. The second-order valence-electron chi connectivity index (χ2n) is 3.01. The molecule has 0 heterocycles. The molecular formula is C12H14N2O2. The third-order valence-corrected chi connectivity index (χ3v) is 1.89. The number of carbonyl (C=O) groups excluding carboxylic acids is 2. The fourth-order valence-electron chi connectivity index (χ4n) is 1.15. The van der Waals surface area contributed by atoms with Crippen LogP contribution in [0.2, 0.25) is 0 Å². The number of ketones is 1. The molecule has 0 bridgehead atoms. The van der Waals surface area contributed by atoms with Crippen molar-refractivity contribution in [2.75, 3.05) is 6.54 Å². The van der Waals surface area contributed by atoms with Gasteiger partial charge < -0.3 is 5.32 Å². The molecule has 0 atom stereocenters. The van der Waals surface area contributed by atoms with E-state index in [0.717, 1.165) is 0 Å². The summed E-state index contributed by atoms with van der Waals surface area (Å²) < 4.78 is 0. The summed E-state index contributed by atoms with van der Waals surface area (Å²) >= 11 is 0. The number of hydrogen-bond donors (Lipinski definition) is 1. The minimum Gasteiger partial charge on any atom is -0.343 e. The van der Waals surface area contributed by atoms with Crippen LogP contribution < -0.4 is 5.32 Å². The molecule has 0 aliphatic rings. The van der Waals surface area contributed by atoms with Crippen LogP contribution in [0.3, 0.4) is 0 Å². The number of rotatable bonds is 6. The molecule has 0 fully saturated rings. The van der Waals surface area contributed by atoms with Crippen LogP contribution >= 0.6 is 0 Å². The van der Waals surface area contributed by atoms with E-state index in [4.69, 9.17) is 5.26 Å². The van der Waals surface area contributed by atoms with E-state index in [2.05, 4.69) is 18.5 Å². The van der Waals surface area contributed by atoms with Crippen molar-refractivity contribution in [2.24, 2.45) is 0 Å². The van der Waals surface area contributed by atoms with Gasteiger partial charge in [-0.1, -0.05) is 25.3 Å². The highest BCUT2D eigenvalue weighted by Gasteiger charge is 2.09. The Kier molecular flexibility index (Phi) is 6.22. The fourth-order valence-corrected chi connectivity index (χ4v) is 1.15. The van der Waals surface area contributed by atoms with Crippen LogP contribution in [-0.2, 0) is 9.59 Å². The van der Waals surface area contributed by atoms with Gasteiger partial charge in [-0.15, -0.1) is 0 Å². The molecule has 0 rings (SSSR count). The summed E-state index contributed by atoms with van der Waals surface area (Å²) in [7, 11) is 0. The Morgan fingerprint density at radius 1 is 1.38 bits per heavy atom. The van der Waals surface area contributed by atoms with Gasteiger partial charge in [0.2, 0.25) is 5.91 Å². The Morgan fingerprint density at radius 2 is 2.00 bits per heavy atom. The van der Waals surface area contributed by atoms with Gasteiger partial charge in [-0.2, -0.15) is 5.26 Å². The van der Waals surface area contributed by atoms with Gasteiger partial charge in [-0.05, 0) is 12.5 Å². The van der Waals surface area contributed by atoms with Gasteiger partial charge in [0.25, 0.3) is 0 Å². The molecule has 0 unspecified atom stereocenters. The van der Waals surface area contributed by atoms with Gasteiger partial charge in [-0.25, -0.2) is 0 Å². The van der Waals surface area contributed by atoms with Gasteiger partial charge in [0.15, 0.2) is 5.78 Å². The van der Waals surface area contributed by atoms with Crippen molar-refractivity contribution in [2.45, 2.75) is 13.3 Å². The molecule has 4 nitrogen and oxygen atoms in total. The Bertz CT molecular complexity index is 386. The third kappa shape index (κ3) is 4.38. The van der Waals surface area contributed by atoms with E-state index >= 15 is 0 Å². The van der Waals surface area contributed by atoms with Crippen LogP contribution in [0.4, 0.5) is 0 Å². The zero-order valence-electron chi connectivity index (χ0n) is 9.25. The predicted molar refractivity (Wildman–Crippen MR) is 61.3 cm³/mol. The van der Waals surface area contributed by atoms with E-state index in [9.17, 15) is 9.59 Å². The molecule has 0 aliphatic heterocycles. The first-order valence-electron chi connectivity index (χ1n) is 4.69. The largest absolute Gasteiger partial charge is 0.343 e. The highest BCUT2D eigenvalue weighted by atomic mass is 16.1. The number of nitrogens with zero attached hydrogens (tertiary/aromatic N) is 1. The van der Waals surface area contributed by atoms with Crippen molar-refractivity contribution < 1.29 is 9.59 Å². The average Bonchev–Trinajstić information content (AvgIpc) is 2.25. The number of nitriles is 1. The summed E-state index contributed by atoms with van der Waals surface area (Å²) in [6.07, 6.45) is 2.87. The summed E-state index contributed by atoms with van der Waals surface area (Å²) in [5.74, 6) is -0.491. The van der Waals surface area contributed by atoms with Gasteiger partial charge in [-0.3, -0.25) is 9.59 Å². The molecule has 84 valence electrons. The van der Waals surface area contributed by atoms with Crippen molar-refractivity contribution >= 4 is 11.7 Å². The molecule has 16 heavy (non-hydrogen) atoms. The smallest absolute Gasteiger partial charge is 0.225 e. The summed E-state index contributed by atoms with van der Waals surface area (Å²) in [6, 6.07) is 1.79. The molecular weight excluding hydrogens is 204 g/mol. The summed E-state index contributed by atoms with van der Waals surface area (Å²) in [5, 5.41) is 10.7. The lowest BCUT2D eigenvalue weighted by atomic mass is 10.0. The molecule has 1 amide bonds. The van der Waals surface area contributed by atoms with Crippen molar-refractivity contribution in [3.8, 4) is 6.07 Å². The molecule has 0 aromatic heterocycles. The van der Waals surface area contributed by atoms with Crippen molar-refractivity contribution in [3.05, 3.63) is 36.5 Å². The molecule has 0 aliphatic carbocycles. The van der Waals surface area contributed by atoms with Crippen LogP contribution in [-0.4, -0.2) is 18.2 Å². The molecule has 0 spiro atoms. The number of nitrogens with one attached hydrogen (secondary N) is 1. The third-order valence-electron chi connectivity index (χ3n) is 1.89. The van der Waals surface area contributed by atoms with E-state index in [1.54, 1.807) is 6.07 Å². The maximum atomic E-state index is 11.3. The Hall–Kier alpha value is -2.15. The normalized spacial score (nSPS) is 10.8. The van der Waals surface area contributed by atoms with Gasteiger partial charge in [0, 0.05) is 5.57 Å². The predicted octanol–water partition coefficient (Wildman–Crippen LogP) is 1.27. The van der Waals surface area contributed by atoms with E-state index in [-0.39, 0.29) is 24.7 Å². The molecule has 0 aromatic rings. The highest BCUT2D eigenvalue weighted by molar-refractivity contribution is 5.98. The van der Waals surface area contributed by atoms with E-state index in [0.29, 0.717) is 11.1 Å². The van der Waals surface area contributed by atoms with Crippen molar-refractivity contribution in [1.82, 2.24) is 5.32 Å². The van der Waals surface area contributed by atoms with E-state index < -0.39 is 0 Å². The number of carbonyl (C=O) groups is 2. The SMILES string of the molecule is C=C/C(CC(=O)NCC#N)=C(\C=C)C(C)=O. The molecule has 0 radical (unpaired) electrons. The van der Waals surface area contributed by atoms with Gasteiger partial charge >= 0.3 is 0 Å². The summed E-state index contributed by atoms with van der Waals surface area (Å²) in [6.45, 7) is 8.40. The summed E-state index contributed by atoms with van der Waals surface area (Å²) in [5.41, 5.74) is 0.889. The number of amides is 1. The first kappa shape index (κ1) is 13.8. The quantitative estimate of drug-likeness (QED) is 0.414. The van der Waals surface area contributed by atoms with Crippen molar-refractivity contribution in [3.63, 3.8) is 0 Å². The molecule has 4 heteroatoms. The van der Waals surface area contributed by atoms with E-state index in [1.165, 1.54) is 19.1 Å². The highest BCUT2D eigenvalue weighted by Crippen LogP contribution is 2.12. The van der Waals surface area contributed by atoms with Gasteiger partial charge in [0.1, 0.15) is 6.54 Å². The molecule has 0 aromatic carbocycles. The second-order valence-corrected chi connectivity index (χ2v) is 3.01. The standard InChI is InChI=1S/C12H14N2O2/c1-4-10(11(5-2)9(3)15)8-12(16)14-7-6-13/h4-5H,1-2,7-8H2,3H3,(H,14,16)/b11-10-. The monoisotopic (exact) mass is 218 g/mol. The Labute approximate surface area is 95.0 Å². The van der Waals surface area contributed by atoms with Crippen LogP contribution in [0.1, 0.15) is 13.3 Å². The minimum absolute atomic E-state index is 0.0200. The van der Waals surface area contributed by atoms with Crippen LogP contribution in [0.25, 0.3) is 0 Å². The number of allylic oxidation sites excluding steroid dienone is 3.